The lowest BCUT2D eigenvalue weighted by molar-refractivity contribution is -0.169. The van der Waals surface area contributed by atoms with Crippen molar-refractivity contribution in [1.82, 2.24) is 25.2 Å². The molecule has 0 bridgehead atoms. The first-order chi connectivity index (χ1) is 20.1. The van der Waals surface area contributed by atoms with Gasteiger partial charge in [0.1, 0.15) is 5.69 Å². The van der Waals surface area contributed by atoms with E-state index in [0.29, 0.717) is 41.7 Å². The van der Waals surface area contributed by atoms with Gasteiger partial charge in [0.15, 0.2) is 5.54 Å². The number of benzene rings is 3. The molecule has 0 spiro atoms. The molecule has 4 aromatic rings. The van der Waals surface area contributed by atoms with E-state index in [1.165, 1.54) is 0 Å². The van der Waals surface area contributed by atoms with Gasteiger partial charge in [0.25, 0.3) is 5.91 Å². The quantitative estimate of drug-likeness (QED) is 0.213. The second-order valence-electron chi connectivity index (χ2n) is 11.8. The van der Waals surface area contributed by atoms with Crippen molar-refractivity contribution in [3.05, 3.63) is 117 Å². The average Bonchev–Trinajstić information content (AvgIpc) is 3.42. The van der Waals surface area contributed by atoms with Crippen molar-refractivity contribution in [2.75, 3.05) is 6.54 Å². The first-order valence-electron chi connectivity index (χ1n) is 14.1. The second-order valence-corrected chi connectivity index (χ2v) is 12.6. The van der Waals surface area contributed by atoms with Crippen molar-refractivity contribution in [3.63, 3.8) is 0 Å². The second kappa shape index (κ2) is 12.3. The number of rotatable bonds is 10. The lowest BCUT2D eigenvalue weighted by Crippen LogP contribution is -2.69. The molecule has 9 heteroatoms. The highest BCUT2D eigenvalue weighted by Gasteiger charge is 2.59. The molecule has 7 nitrogen and oxygen atoms in total. The zero-order valence-electron chi connectivity index (χ0n) is 24.1. The summed E-state index contributed by atoms with van der Waals surface area (Å²) in [7, 11) is 0. The van der Waals surface area contributed by atoms with Gasteiger partial charge in [0.05, 0.1) is 19.2 Å². The average molecular weight is 605 g/mol. The van der Waals surface area contributed by atoms with Crippen LogP contribution in [0.3, 0.4) is 0 Å². The number of carbonyl (C=O) groups is 2. The highest BCUT2D eigenvalue weighted by molar-refractivity contribution is 6.35. The fraction of sp³-hybridized carbons (Fsp3) is 0.333. The Morgan fingerprint density at radius 3 is 2.19 bits per heavy atom. The van der Waals surface area contributed by atoms with E-state index in [0.717, 1.165) is 16.7 Å². The number of hydrogen-bond acceptors (Lipinski definition) is 4. The highest BCUT2D eigenvalue weighted by Crippen LogP contribution is 2.42. The molecule has 218 valence electrons. The monoisotopic (exact) mass is 603 g/mol. The van der Waals surface area contributed by atoms with Crippen LogP contribution in [0.1, 0.15) is 61.9 Å². The minimum atomic E-state index is -1.24. The molecule has 42 heavy (non-hydrogen) atoms. The molecule has 1 aliphatic rings. The summed E-state index contributed by atoms with van der Waals surface area (Å²) in [6, 6.07) is 25.9. The first kappa shape index (κ1) is 29.8. The lowest BCUT2D eigenvalue weighted by Gasteiger charge is -2.50. The van der Waals surface area contributed by atoms with Crippen LogP contribution in [0, 0.1) is 0 Å². The van der Waals surface area contributed by atoms with Crippen molar-refractivity contribution in [3.8, 4) is 0 Å². The van der Waals surface area contributed by atoms with Gasteiger partial charge in [-0.1, -0.05) is 89.9 Å². The van der Waals surface area contributed by atoms with Crippen LogP contribution in [-0.2, 0) is 28.1 Å². The molecule has 2 amide bonds. The van der Waals surface area contributed by atoms with Gasteiger partial charge in [0.2, 0.25) is 5.91 Å². The van der Waals surface area contributed by atoms with E-state index in [-0.39, 0.29) is 24.2 Å². The molecule has 1 unspecified atom stereocenters. The Morgan fingerprint density at radius 2 is 1.62 bits per heavy atom. The molecule has 1 saturated heterocycles. The number of aryl methyl sites for hydroxylation is 2. The molecule has 1 atom stereocenters. The summed E-state index contributed by atoms with van der Waals surface area (Å²) in [5.41, 5.74) is 1.97. The maximum Gasteiger partial charge on any atom is 0.253 e. The Bertz CT molecular complexity index is 1510. The normalized spacial score (nSPS) is 16.9. The fourth-order valence-corrected chi connectivity index (χ4v) is 6.04. The van der Waals surface area contributed by atoms with Crippen LogP contribution in [-0.4, -0.2) is 43.8 Å². The fourth-order valence-electron chi connectivity index (χ4n) is 5.53. The van der Waals surface area contributed by atoms with Crippen molar-refractivity contribution < 1.29 is 9.59 Å². The molecule has 0 saturated carbocycles. The maximum absolute atomic E-state index is 14.0. The molecule has 1 aromatic heterocycles. The summed E-state index contributed by atoms with van der Waals surface area (Å²) in [4.78, 5) is 30.4. The molecule has 3 aromatic carbocycles. The van der Waals surface area contributed by atoms with Gasteiger partial charge >= 0.3 is 0 Å². The number of nitrogens with zero attached hydrogens (tertiary/aromatic N) is 4. The molecular formula is C33H35Cl2N5O2. The third-order valence-electron chi connectivity index (χ3n) is 7.63. The minimum Gasteiger partial charge on any atom is -0.349 e. The first-order valence-corrected chi connectivity index (χ1v) is 14.9. The third kappa shape index (κ3) is 6.37. The smallest absolute Gasteiger partial charge is 0.253 e. The summed E-state index contributed by atoms with van der Waals surface area (Å²) in [6.45, 7) is 6.62. The molecule has 2 heterocycles. The van der Waals surface area contributed by atoms with E-state index in [2.05, 4.69) is 34.7 Å². The van der Waals surface area contributed by atoms with Crippen LogP contribution in [0.15, 0.2) is 85.1 Å². The standard InChI is InChI=1S/C33H35Cl2N5O2/c1-32(2,3)37-31(42)33(29-22-36-40(38-29)19-16-25-14-15-26(34)20-28(25)35)21-30(41)39(33)18-17-27(23-10-6-4-7-11-23)24-12-8-5-9-13-24/h4-15,20,22,27H,16-19,21H2,1-3H3,(H,37,42). The third-order valence-corrected chi connectivity index (χ3v) is 8.22. The molecule has 5 rings (SSSR count). The summed E-state index contributed by atoms with van der Waals surface area (Å²) in [6.07, 6.45) is 2.88. The van der Waals surface area contributed by atoms with Crippen molar-refractivity contribution in [2.45, 2.75) is 63.6 Å². The van der Waals surface area contributed by atoms with E-state index in [1.54, 1.807) is 28.0 Å². The Balaban J connectivity index is 1.42. The van der Waals surface area contributed by atoms with E-state index in [9.17, 15) is 9.59 Å². The zero-order chi connectivity index (χ0) is 29.9. The minimum absolute atomic E-state index is 0.0396. The topological polar surface area (TPSA) is 80.1 Å². The predicted molar refractivity (Wildman–Crippen MR) is 165 cm³/mol. The lowest BCUT2D eigenvalue weighted by atomic mass is 9.78. The molecule has 0 radical (unpaired) electrons. The molecule has 1 fully saturated rings. The Kier molecular flexibility index (Phi) is 8.71. The van der Waals surface area contributed by atoms with Gasteiger partial charge in [-0.05, 0) is 62.4 Å². The Morgan fingerprint density at radius 1 is 0.976 bits per heavy atom. The van der Waals surface area contributed by atoms with Gasteiger partial charge in [0, 0.05) is 28.0 Å². The number of nitrogens with one attached hydrogen (secondary N) is 1. The largest absolute Gasteiger partial charge is 0.349 e. The number of likely N-dealkylation sites (tertiary alicyclic amines) is 1. The summed E-state index contributed by atoms with van der Waals surface area (Å²) in [5.74, 6) is -0.274. The van der Waals surface area contributed by atoms with Crippen LogP contribution >= 0.6 is 23.2 Å². The van der Waals surface area contributed by atoms with E-state index < -0.39 is 11.1 Å². The highest BCUT2D eigenvalue weighted by atomic mass is 35.5. The van der Waals surface area contributed by atoms with E-state index in [1.807, 2.05) is 63.2 Å². The molecule has 1 aliphatic heterocycles. The Hall–Kier alpha value is -3.68. The molecule has 0 aliphatic carbocycles. The summed E-state index contributed by atoms with van der Waals surface area (Å²) >= 11 is 12.4. The van der Waals surface area contributed by atoms with Crippen molar-refractivity contribution in [1.29, 1.82) is 0 Å². The van der Waals surface area contributed by atoms with Crippen LogP contribution in [0.5, 0.6) is 0 Å². The number of aromatic nitrogens is 3. The number of hydrogen-bond donors (Lipinski definition) is 1. The van der Waals surface area contributed by atoms with Crippen LogP contribution < -0.4 is 5.32 Å². The molecule has 1 N–H and O–H groups in total. The predicted octanol–water partition coefficient (Wildman–Crippen LogP) is 6.39. The maximum atomic E-state index is 14.0. The van der Waals surface area contributed by atoms with Crippen LogP contribution in [0.2, 0.25) is 10.0 Å². The van der Waals surface area contributed by atoms with E-state index in [4.69, 9.17) is 28.3 Å². The summed E-state index contributed by atoms with van der Waals surface area (Å²) in [5, 5.41) is 13.5. The zero-order valence-corrected chi connectivity index (χ0v) is 25.6. The number of carbonyl (C=O) groups excluding carboxylic acids is 2. The van der Waals surface area contributed by atoms with Gasteiger partial charge in [-0.25, -0.2) is 0 Å². The van der Waals surface area contributed by atoms with Gasteiger partial charge in [-0.3, -0.25) is 9.59 Å². The number of β-lactam (4-membered cyclic amide) rings is 1. The van der Waals surface area contributed by atoms with Gasteiger partial charge in [-0.15, -0.1) is 0 Å². The van der Waals surface area contributed by atoms with Crippen molar-refractivity contribution >= 4 is 35.0 Å². The number of amides is 2. The van der Waals surface area contributed by atoms with Crippen LogP contribution in [0.25, 0.3) is 0 Å². The van der Waals surface area contributed by atoms with Gasteiger partial charge < -0.3 is 10.2 Å². The van der Waals surface area contributed by atoms with Crippen molar-refractivity contribution in [2.24, 2.45) is 0 Å². The number of halogens is 2. The Labute approximate surface area is 256 Å². The SMILES string of the molecule is CC(C)(C)NC(=O)C1(c2cnn(CCc3ccc(Cl)cc3Cl)n2)CC(=O)N1CCC(c1ccccc1)c1ccccc1. The summed E-state index contributed by atoms with van der Waals surface area (Å²) < 4.78 is 0. The van der Waals surface area contributed by atoms with Crippen LogP contribution in [0.4, 0.5) is 0 Å². The molecular weight excluding hydrogens is 569 g/mol. The van der Waals surface area contributed by atoms with Gasteiger partial charge in [-0.2, -0.15) is 15.0 Å². The van der Waals surface area contributed by atoms with E-state index >= 15 is 0 Å².